The molecule has 6 nitrogen and oxygen atoms in total. The van der Waals surface area contributed by atoms with E-state index in [2.05, 4.69) is 15.6 Å². The van der Waals surface area contributed by atoms with Gasteiger partial charge < -0.3 is 20.7 Å². The molecule has 0 radical (unpaired) electrons. The molecule has 0 unspecified atom stereocenters. The summed E-state index contributed by atoms with van der Waals surface area (Å²) < 4.78 is 0. The number of H-pyrrole nitrogens is 1. The molecule has 6 heteroatoms. The van der Waals surface area contributed by atoms with Crippen LogP contribution in [0.3, 0.4) is 0 Å². The summed E-state index contributed by atoms with van der Waals surface area (Å²) in [6.45, 7) is 4.06. The summed E-state index contributed by atoms with van der Waals surface area (Å²) in [6.07, 6.45) is 2.27. The summed E-state index contributed by atoms with van der Waals surface area (Å²) in [5, 5.41) is 14.6. The molecule has 4 N–H and O–H groups in total. The van der Waals surface area contributed by atoms with E-state index in [0.717, 1.165) is 0 Å². The number of carboxylic acid groups (broad SMARTS) is 1. The number of carbonyl (C=O) groups is 2. The van der Waals surface area contributed by atoms with Crippen LogP contribution in [0, 0.1) is 5.92 Å². The maximum Gasteiger partial charge on any atom is 0.354 e. The van der Waals surface area contributed by atoms with Crippen LogP contribution < -0.4 is 10.6 Å². The largest absolute Gasteiger partial charge is 0.477 e. The second kappa shape index (κ2) is 4.12. The SMILES string of the molecule is CC(C)C[C@H]1Nc2c[nH]c(C(=O)O)c2NC1=O. The minimum absolute atomic E-state index is 0.00356. The van der Waals surface area contributed by atoms with Crippen molar-refractivity contribution in [1.82, 2.24) is 4.98 Å². The first-order valence-corrected chi connectivity index (χ1v) is 5.51. The molecule has 1 amide bonds. The highest BCUT2D eigenvalue weighted by Crippen LogP contribution is 2.31. The highest BCUT2D eigenvalue weighted by molar-refractivity contribution is 6.08. The number of carboxylic acids is 1. The number of nitrogens with one attached hydrogen (secondary N) is 3. The molecule has 1 aromatic heterocycles. The molecule has 0 bridgehead atoms. The van der Waals surface area contributed by atoms with Crippen LogP contribution in [-0.4, -0.2) is 28.0 Å². The number of aromatic amines is 1. The Bertz CT molecular complexity index is 465. The Kier molecular flexibility index (Phi) is 2.79. The summed E-state index contributed by atoms with van der Waals surface area (Å²) in [5.41, 5.74) is 0.957. The van der Waals surface area contributed by atoms with Gasteiger partial charge >= 0.3 is 5.97 Å². The zero-order chi connectivity index (χ0) is 12.6. The van der Waals surface area contributed by atoms with Crippen molar-refractivity contribution in [2.24, 2.45) is 5.92 Å². The van der Waals surface area contributed by atoms with E-state index in [1.54, 1.807) is 6.20 Å². The third-order valence-electron chi connectivity index (χ3n) is 2.70. The standard InChI is InChI=1S/C11H15N3O3/c1-5(2)3-6-10(15)14-8-7(13-6)4-12-9(8)11(16)17/h4-6,12-13H,3H2,1-2H3,(H,14,15)(H,16,17)/t6-/m1/s1. The Morgan fingerprint density at radius 2 is 2.24 bits per heavy atom. The van der Waals surface area contributed by atoms with Crippen molar-refractivity contribution >= 4 is 23.3 Å². The van der Waals surface area contributed by atoms with Crippen molar-refractivity contribution in [1.29, 1.82) is 0 Å². The van der Waals surface area contributed by atoms with Crippen LogP contribution in [0.15, 0.2) is 6.20 Å². The van der Waals surface area contributed by atoms with Crippen LogP contribution in [0.1, 0.15) is 30.8 Å². The van der Waals surface area contributed by atoms with Gasteiger partial charge in [-0.2, -0.15) is 0 Å². The molecule has 1 aliphatic rings. The van der Waals surface area contributed by atoms with Crippen LogP contribution >= 0.6 is 0 Å². The third-order valence-corrected chi connectivity index (χ3v) is 2.70. The molecule has 2 heterocycles. The van der Waals surface area contributed by atoms with Gasteiger partial charge in [-0.1, -0.05) is 13.8 Å². The average molecular weight is 237 g/mol. The number of anilines is 2. The monoisotopic (exact) mass is 237 g/mol. The molecule has 1 aliphatic heterocycles. The summed E-state index contributed by atoms with van der Waals surface area (Å²) >= 11 is 0. The molecule has 1 aromatic rings. The van der Waals surface area contributed by atoms with Crippen LogP contribution in [0.2, 0.25) is 0 Å². The Balaban J connectivity index is 2.25. The fourth-order valence-corrected chi connectivity index (χ4v) is 1.94. The fourth-order valence-electron chi connectivity index (χ4n) is 1.94. The molecule has 1 atom stereocenters. The van der Waals surface area contributed by atoms with E-state index in [0.29, 0.717) is 23.7 Å². The number of aromatic nitrogens is 1. The van der Waals surface area contributed by atoms with Gasteiger partial charge in [-0.3, -0.25) is 4.79 Å². The lowest BCUT2D eigenvalue weighted by Crippen LogP contribution is -2.39. The van der Waals surface area contributed by atoms with Crippen molar-refractivity contribution in [2.45, 2.75) is 26.3 Å². The van der Waals surface area contributed by atoms with E-state index >= 15 is 0 Å². The second-order valence-corrected chi connectivity index (χ2v) is 4.57. The molecule has 92 valence electrons. The van der Waals surface area contributed by atoms with Crippen molar-refractivity contribution < 1.29 is 14.7 Å². The summed E-state index contributed by atoms with van der Waals surface area (Å²) in [5.74, 6) is -0.887. The van der Waals surface area contributed by atoms with E-state index in [4.69, 9.17) is 5.11 Å². The van der Waals surface area contributed by atoms with Gasteiger partial charge in [0.05, 0.1) is 11.4 Å². The van der Waals surface area contributed by atoms with Gasteiger partial charge in [-0.05, 0) is 12.3 Å². The average Bonchev–Trinajstić information content (AvgIpc) is 2.60. The summed E-state index contributed by atoms with van der Waals surface area (Å²) in [6, 6.07) is -0.306. The highest BCUT2D eigenvalue weighted by Gasteiger charge is 2.30. The van der Waals surface area contributed by atoms with E-state index in [-0.39, 0.29) is 17.6 Å². The van der Waals surface area contributed by atoms with Crippen LogP contribution in [0.4, 0.5) is 11.4 Å². The number of rotatable bonds is 3. The van der Waals surface area contributed by atoms with E-state index in [9.17, 15) is 9.59 Å². The van der Waals surface area contributed by atoms with Gasteiger partial charge in [0.15, 0.2) is 5.69 Å². The van der Waals surface area contributed by atoms with Crippen LogP contribution in [0.5, 0.6) is 0 Å². The van der Waals surface area contributed by atoms with Crippen LogP contribution in [-0.2, 0) is 4.79 Å². The number of hydrogen-bond donors (Lipinski definition) is 4. The molecule has 17 heavy (non-hydrogen) atoms. The fraction of sp³-hybridized carbons (Fsp3) is 0.455. The number of aromatic carboxylic acids is 1. The molecular formula is C11H15N3O3. The summed E-state index contributed by atoms with van der Waals surface area (Å²) in [7, 11) is 0. The number of carbonyl (C=O) groups excluding carboxylic acids is 1. The first-order chi connectivity index (χ1) is 7.99. The number of fused-ring (bicyclic) bond motifs is 1. The lowest BCUT2D eigenvalue weighted by molar-refractivity contribution is -0.117. The lowest BCUT2D eigenvalue weighted by atomic mass is 10.0. The third kappa shape index (κ3) is 2.11. The minimum atomic E-state index is -1.09. The maximum atomic E-state index is 11.8. The van der Waals surface area contributed by atoms with Gasteiger partial charge in [0, 0.05) is 6.20 Å². The van der Waals surface area contributed by atoms with Gasteiger partial charge in [0.1, 0.15) is 6.04 Å². The molecule has 0 aromatic carbocycles. The molecule has 2 rings (SSSR count). The van der Waals surface area contributed by atoms with Crippen molar-refractivity contribution in [3.8, 4) is 0 Å². The lowest BCUT2D eigenvalue weighted by Gasteiger charge is -2.26. The molecule has 0 aliphatic carbocycles. The van der Waals surface area contributed by atoms with Gasteiger partial charge in [0.25, 0.3) is 0 Å². The van der Waals surface area contributed by atoms with Gasteiger partial charge in [-0.25, -0.2) is 4.79 Å². The minimum Gasteiger partial charge on any atom is -0.477 e. The summed E-state index contributed by atoms with van der Waals surface area (Å²) in [4.78, 5) is 25.3. The Hall–Kier alpha value is -1.98. The molecule has 0 saturated heterocycles. The Labute approximate surface area is 98.4 Å². The highest BCUT2D eigenvalue weighted by atomic mass is 16.4. The first kappa shape index (κ1) is 11.5. The maximum absolute atomic E-state index is 11.8. The van der Waals surface area contributed by atoms with Crippen molar-refractivity contribution in [3.63, 3.8) is 0 Å². The van der Waals surface area contributed by atoms with E-state index in [1.165, 1.54) is 0 Å². The molecular weight excluding hydrogens is 222 g/mol. The molecule has 0 saturated carbocycles. The normalized spacial score (nSPS) is 18.5. The van der Waals surface area contributed by atoms with E-state index in [1.807, 2.05) is 13.8 Å². The predicted molar refractivity (Wildman–Crippen MR) is 63.2 cm³/mol. The number of amides is 1. The topological polar surface area (TPSA) is 94.2 Å². The van der Waals surface area contributed by atoms with Gasteiger partial charge in [-0.15, -0.1) is 0 Å². The quantitative estimate of drug-likeness (QED) is 0.640. The second-order valence-electron chi connectivity index (χ2n) is 4.57. The number of hydrogen-bond acceptors (Lipinski definition) is 3. The Morgan fingerprint density at radius 1 is 1.53 bits per heavy atom. The van der Waals surface area contributed by atoms with E-state index < -0.39 is 5.97 Å². The molecule has 0 spiro atoms. The zero-order valence-corrected chi connectivity index (χ0v) is 9.70. The van der Waals surface area contributed by atoms with Crippen LogP contribution in [0.25, 0.3) is 0 Å². The Morgan fingerprint density at radius 3 is 2.82 bits per heavy atom. The zero-order valence-electron chi connectivity index (χ0n) is 9.70. The smallest absolute Gasteiger partial charge is 0.354 e. The predicted octanol–water partition coefficient (Wildman–Crippen LogP) is 1.49. The molecule has 0 fully saturated rings. The van der Waals surface area contributed by atoms with Gasteiger partial charge in [0.2, 0.25) is 5.91 Å². The first-order valence-electron chi connectivity index (χ1n) is 5.51. The van der Waals surface area contributed by atoms with Crippen molar-refractivity contribution in [2.75, 3.05) is 10.6 Å². The van der Waals surface area contributed by atoms with Crippen molar-refractivity contribution in [3.05, 3.63) is 11.9 Å².